The first-order valence-corrected chi connectivity index (χ1v) is 10.0. The summed E-state index contributed by atoms with van der Waals surface area (Å²) in [6.07, 6.45) is 1.01. The van der Waals surface area contributed by atoms with Gasteiger partial charge in [0.1, 0.15) is 0 Å². The van der Waals surface area contributed by atoms with E-state index >= 15 is 0 Å². The maximum Gasteiger partial charge on any atom is 0.0722 e. The van der Waals surface area contributed by atoms with Crippen LogP contribution >= 0.6 is 0 Å². The SMILES string of the molecule is C=C(CC)N1CCN(C(=C)c2ccccc2/C(=N\C)c2ccc(C)cc2)CC1. The highest BCUT2D eigenvalue weighted by atomic mass is 15.3. The second-order valence-electron chi connectivity index (χ2n) is 7.32. The van der Waals surface area contributed by atoms with Gasteiger partial charge in [0, 0.05) is 61.3 Å². The van der Waals surface area contributed by atoms with Crippen LogP contribution in [0.3, 0.4) is 0 Å². The number of benzene rings is 2. The van der Waals surface area contributed by atoms with Gasteiger partial charge in [-0.05, 0) is 13.3 Å². The third-order valence-electron chi connectivity index (χ3n) is 5.56. The molecule has 3 rings (SSSR count). The fourth-order valence-electron chi connectivity index (χ4n) is 3.74. The van der Waals surface area contributed by atoms with Gasteiger partial charge in [-0.15, -0.1) is 0 Å². The van der Waals surface area contributed by atoms with Crippen molar-refractivity contribution in [3.05, 3.63) is 89.6 Å². The van der Waals surface area contributed by atoms with Crippen LogP contribution in [0.2, 0.25) is 0 Å². The van der Waals surface area contributed by atoms with Crippen molar-refractivity contribution >= 4 is 11.4 Å². The maximum atomic E-state index is 4.63. The Kier molecular flexibility index (Phi) is 6.35. The highest BCUT2D eigenvalue weighted by molar-refractivity contribution is 6.15. The average Bonchev–Trinajstić information content (AvgIpc) is 2.75. The lowest BCUT2D eigenvalue weighted by Crippen LogP contribution is -2.44. The molecule has 0 amide bonds. The Labute approximate surface area is 169 Å². The summed E-state index contributed by atoms with van der Waals surface area (Å²) in [5.41, 5.74) is 8.00. The Balaban J connectivity index is 1.85. The van der Waals surface area contributed by atoms with Crippen LogP contribution in [0, 0.1) is 6.92 Å². The molecule has 0 unspecified atom stereocenters. The predicted molar refractivity (Wildman–Crippen MR) is 121 cm³/mol. The number of hydrogen-bond donors (Lipinski definition) is 0. The number of aryl methyl sites for hydroxylation is 1. The highest BCUT2D eigenvalue weighted by Crippen LogP contribution is 2.26. The molecular formula is C25H31N3. The molecule has 1 fully saturated rings. The van der Waals surface area contributed by atoms with E-state index in [0.717, 1.165) is 60.7 Å². The van der Waals surface area contributed by atoms with E-state index < -0.39 is 0 Å². The summed E-state index contributed by atoms with van der Waals surface area (Å²) in [6, 6.07) is 17.0. The zero-order chi connectivity index (χ0) is 20.1. The van der Waals surface area contributed by atoms with Crippen molar-refractivity contribution in [3.8, 4) is 0 Å². The van der Waals surface area contributed by atoms with E-state index in [4.69, 9.17) is 0 Å². The van der Waals surface area contributed by atoms with Gasteiger partial charge in [-0.1, -0.05) is 74.2 Å². The van der Waals surface area contributed by atoms with Gasteiger partial charge in [0.05, 0.1) is 5.71 Å². The molecule has 0 aliphatic carbocycles. The Bertz CT molecular complexity index is 869. The van der Waals surface area contributed by atoms with Crippen molar-refractivity contribution in [2.24, 2.45) is 4.99 Å². The van der Waals surface area contributed by atoms with E-state index in [0.29, 0.717) is 0 Å². The molecule has 146 valence electrons. The Morgan fingerprint density at radius 1 is 0.893 bits per heavy atom. The minimum absolute atomic E-state index is 0.968. The van der Waals surface area contributed by atoms with Crippen molar-refractivity contribution in [3.63, 3.8) is 0 Å². The fraction of sp³-hybridized carbons (Fsp3) is 0.320. The number of nitrogens with zero attached hydrogens (tertiary/aromatic N) is 3. The van der Waals surface area contributed by atoms with E-state index in [1.54, 1.807) is 0 Å². The van der Waals surface area contributed by atoms with Gasteiger partial charge in [0.2, 0.25) is 0 Å². The van der Waals surface area contributed by atoms with Crippen molar-refractivity contribution in [2.75, 3.05) is 33.2 Å². The Hall–Kier alpha value is -2.81. The molecule has 28 heavy (non-hydrogen) atoms. The molecule has 0 N–H and O–H groups in total. The Morgan fingerprint density at radius 3 is 2.04 bits per heavy atom. The number of aliphatic imine (C=N–C) groups is 1. The molecule has 2 aromatic rings. The molecule has 0 saturated carbocycles. The lowest BCUT2D eigenvalue weighted by Gasteiger charge is -2.39. The zero-order valence-electron chi connectivity index (χ0n) is 17.4. The molecule has 3 heteroatoms. The summed E-state index contributed by atoms with van der Waals surface area (Å²) >= 11 is 0. The second-order valence-corrected chi connectivity index (χ2v) is 7.32. The second kappa shape index (κ2) is 8.92. The topological polar surface area (TPSA) is 18.8 Å². The van der Waals surface area contributed by atoms with Gasteiger partial charge in [-0.3, -0.25) is 4.99 Å². The fourth-order valence-corrected chi connectivity index (χ4v) is 3.74. The zero-order valence-corrected chi connectivity index (χ0v) is 17.4. The quantitative estimate of drug-likeness (QED) is 0.666. The lowest BCUT2D eigenvalue weighted by atomic mass is 9.95. The summed E-state index contributed by atoms with van der Waals surface area (Å²) in [5, 5.41) is 0. The Morgan fingerprint density at radius 2 is 1.46 bits per heavy atom. The third-order valence-corrected chi connectivity index (χ3v) is 5.56. The van der Waals surface area contributed by atoms with Crippen LogP contribution in [0.1, 0.15) is 35.6 Å². The summed E-state index contributed by atoms with van der Waals surface area (Å²) in [4.78, 5) is 9.41. The largest absolute Gasteiger partial charge is 0.372 e. The first-order valence-electron chi connectivity index (χ1n) is 10.0. The van der Waals surface area contributed by atoms with E-state index in [9.17, 15) is 0 Å². The molecule has 2 aromatic carbocycles. The molecule has 3 nitrogen and oxygen atoms in total. The first kappa shape index (κ1) is 19.9. The van der Waals surface area contributed by atoms with E-state index in [2.05, 4.69) is 90.3 Å². The van der Waals surface area contributed by atoms with Crippen molar-refractivity contribution in [1.29, 1.82) is 0 Å². The van der Waals surface area contributed by atoms with Gasteiger partial charge >= 0.3 is 0 Å². The molecule has 0 aromatic heterocycles. The first-order chi connectivity index (χ1) is 13.5. The third kappa shape index (κ3) is 4.19. The molecule has 0 spiro atoms. The molecule has 0 radical (unpaired) electrons. The van der Waals surface area contributed by atoms with Crippen LogP contribution in [0.15, 0.2) is 72.4 Å². The smallest absolute Gasteiger partial charge is 0.0722 e. The minimum Gasteiger partial charge on any atom is -0.372 e. The van der Waals surface area contributed by atoms with Gasteiger partial charge < -0.3 is 9.80 Å². The van der Waals surface area contributed by atoms with Crippen LogP contribution in [-0.4, -0.2) is 48.7 Å². The van der Waals surface area contributed by atoms with Crippen LogP contribution < -0.4 is 0 Å². The molecule has 1 heterocycles. The molecule has 1 aliphatic heterocycles. The predicted octanol–water partition coefficient (Wildman–Crippen LogP) is 4.97. The monoisotopic (exact) mass is 373 g/mol. The molecule has 1 aliphatic rings. The maximum absolute atomic E-state index is 4.63. The lowest BCUT2D eigenvalue weighted by molar-refractivity contribution is 0.210. The van der Waals surface area contributed by atoms with Gasteiger partial charge in [0.15, 0.2) is 0 Å². The number of allylic oxidation sites excluding steroid dienone is 1. The van der Waals surface area contributed by atoms with E-state index in [1.165, 1.54) is 11.3 Å². The van der Waals surface area contributed by atoms with E-state index in [-0.39, 0.29) is 0 Å². The van der Waals surface area contributed by atoms with Crippen LogP contribution in [0.4, 0.5) is 0 Å². The number of rotatable bonds is 6. The number of piperazine rings is 1. The van der Waals surface area contributed by atoms with E-state index in [1.807, 2.05) is 7.05 Å². The van der Waals surface area contributed by atoms with Gasteiger partial charge in [0.25, 0.3) is 0 Å². The van der Waals surface area contributed by atoms with Gasteiger partial charge in [-0.2, -0.15) is 0 Å². The summed E-state index contributed by atoms with van der Waals surface area (Å²) in [6.45, 7) is 16.8. The standard InChI is InChI=1S/C25H31N3/c1-6-20(3)27-15-17-28(18-16-27)21(4)23-9-7-8-10-24(23)25(26-5)22-13-11-19(2)12-14-22/h7-14H,3-4,6,15-18H2,1-2,5H3/b26-25-. The average molecular weight is 374 g/mol. The molecule has 0 bridgehead atoms. The number of hydrogen-bond acceptors (Lipinski definition) is 3. The van der Waals surface area contributed by atoms with Crippen molar-refractivity contribution in [2.45, 2.75) is 20.3 Å². The normalized spacial score (nSPS) is 14.9. The molecular weight excluding hydrogens is 342 g/mol. The van der Waals surface area contributed by atoms with Crippen LogP contribution in [0.5, 0.6) is 0 Å². The minimum atomic E-state index is 0.968. The molecule has 1 saturated heterocycles. The summed E-state index contributed by atoms with van der Waals surface area (Å²) in [5.74, 6) is 0. The summed E-state index contributed by atoms with van der Waals surface area (Å²) < 4.78 is 0. The van der Waals surface area contributed by atoms with Gasteiger partial charge in [-0.25, -0.2) is 0 Å². The van der Waals surface area contributed by atoms with Crippen molar-refractivity contribution in [1.82, 2.24) is 9.80 Å². The van der Waals surface area contributed by atoms with Crippen LogP contribution in [0.25, 0.3) is 5.70 Å². The summed E-state index contributed by atoms with van der Waals surface area (Å²) in [7, 11) is 1.86. The highest BCUT2D eigenvalue weighted by Gasteiger charge is 2.21. The molecule has 0 atom stereocenters. The van der Waals surface area contributed by atoms with Crippen molar-refractivity contribution < 1.29 is 0 Å². The van der Waals surface area contributed by atoms with Crippen LogP contribution in [-0.2, 0) is 0 Å².